The van der Waals surface area contributed by atoms with Crippen LogP contribution in [0.15, 0.2) is 5.38 Å². The number of carbonyl (C=O) groups is 1. The number of aliphatic hydroxyl groups excluding tert-OH is 1. The van der Waals surface area contributed by atoms with Crippen molar-refractivity contribution in [3.8, 4) is 0 Å². The molecule has 0 saturated heterocycles. The molecule has 0 atom stereocenters. The lowest BCUT2D eigenvalue weighted by Gasteiger charge is -1.98. The number of rotatable bonds is 6. The largest absolute Gasteiger partial charge is 0.481 e. The molecule has 1 heterocycles. The molecule has 0 unspecified atom stereocenters. The lowest BCUT2D eigenvalue weighted by Crippen LogP contribution is -2.04. The van der Waals surface area contributed by atoms with Gasteiger partial charge in [0.05, 0.1) is 12.1 Å². The van der Waals surface area contributed by atoms with Crippen LogP contribution in [0.3, 0.4) is 0 Å². The van der Waals surface area contributed by atoms with Gasteiger partial charge in [-0.05, 0) is 6.42 Å². The molecule has 0 spiro atoms. The summed E-state index contributed by atoms with van der Waals surface area (Å²) < 4.78 is 0. The molecule has 1 rings (SSSR count). The smallest absolute Gasteiger partial charge is 0.309 e. The highest BCUT2D eigenvalue weighted by Gasteiger charge is 2.05. The fraction of sp³-hybridized carbons (Fsp3) is 0.500. The second-order valence-corrected chi connectivity index (χ2v) is 3.58. The Balaban J connectivity index is 2.38. The standard InChI is InChI=1S/C8H12N2O3S/c11-3-1-2-9-8-10-6(5-14-8)4-7(12)13/h5,11H,1-4H2,(H,9,10)(H,12,13). The van der Waals surface area contributed by atoms with E-state index >= 15 is 0 Å². The Morgan fingerprint density at radius 2 is 2.43 bits per heavy atom. The first kappa shape index (κ1) is 10.9. The summed E-state index contributed by atoms with van der Waals surface area (Å²) in [5.74, 6) is -0.878. The Morgan fingerprint density at radius 3 is 3.07 bits per heavy atom. The van der Waals surface area contributed by atoms with Gasteiger partial charge in [0.25, 0.3) is 0 Å². The fourth-order valence-electron chi connectivity index (χ4n) is 0.899. The van der Waals surface area contributed by atoms with Gasteiger partial charge in [-0.3, -0.25) is 4.79 Å². The van der Waals surface area contributed by atoms with E-state index in [9.17, 15) is 4.79 Å². The Hall–Kier alpha value is -1.14. The molecule has 0 aliphatic heterocycles. The lowest BCUT2D eigenvalue weighted by molar-refractivity contribution is -0.136. The topological polar surface area (TPSA) is 82.5 Å². The van der Waals surface area contributed by atoms with Crippen LogP contribution in [0.5, 0.6) is 0 Å². The quantitative estimate of drug-likeness (QED) is 0.605. The van der Waals surface area contributed by atoms with Gasteiger partial charge in [0.2, 0.25) is 0 Å². The van der Waals surface area contributed by atoms with Crippen molar-refractivity contribution >= 4 is 22.4 Å². The summed E-state index contributed by atoms with van der Waals surface area (Å²) in [4.78, 5) is 14.4. The second-order valence-electron chi connectivity index (χ2n) is 2.72. The molecule has 0 aromatic carbocycles. The van der Waals surface area contributed by atoms with Crippen molar-refractivity contribution in [2.45, 2.75) is 12.8 Å². The summed E-state index contributed by atoms with van der Waals surface area (Å²) in [6.07, 6.45) is 0.617. The molecule has 1 aromatic heterocycles. The first-order valence-corrected chi connectivity index (χ1v) is 5.11. The van der Waals surface area contributed by atoms with Crippen molar-refractivity contribution < 1.29 is 15.0 Å². The monoisotopic (exact) mass is 216 g/mol. The number of hydrogen-bond acceptors (Lipinski definition) is 5. The van der Waals surface area contributed by atoms with Crippen molar-refractivity contribution in [1.29, 1.82) is 0 Å². The van der Waals surface area contributed by atoms with Crippen LogP contribution in [0.2, 0.25) is 0 Å². The van der Waals surface area contributed by atoms with Crippen molar-refractivity contribution in [2.75, 3.05) is 18.5 Å². The highest BCUT2D eigenvalue weighted by atomic mass is 32.1. The minimum absolute atomic E-state index is 0.0435. The zero-order valence-electron chi connectivity index (χ0n) is 7.56. The Morgan fingerprint density at radius 1 is 1.64 bits per heavy atom. The average Bonchev–Trinajstić information content (AvgIpc) is 2.52. The van der Waals surface area contributed by atoms with Gasteiger partial charge in [-0.25, -0.2) is 4.98 Å². The van der Waals surface area contributed by atoms with E-state index in [1.807, 2.05) is 0 Å². The van der Waals surface area contributed by atoms with Crippen molar-refractivity contribution in [2.24, 2.45) is 0 Å². The SMILES string of the molecule is O=C(O)Cc1csc(NCCCO)n1. The molecule has 0 fully saturated rings. The first-order valence-electron chi connectivity index (χ1n) is 4.23. The number of carboxylic acid groups (broad SMARTS) is 1. The minimum atomic E-state index is -0.878. The van der Waals surface area contributed by atoms with Crippen LogP contribution in [0.4, 0.5) is 5.13 Å². The molecule has 0 aliphatic carbocycles. The number of carboxylic acids is 1. The molecule has 0 radical (unpaired) electrons. The fourth-order valence-corrected chi connectivity index (χ4v) is 1.64. The molecule has 14 heavy (non-hydrogen) atoms. The van der Waals surface area contributed by atoms with E-state index < -0.39 is 5.97 Å². The molecule has 0 bridgehead atoms. The van der Waals surface area contributed by atoms with Gasteiger partial charge in [0, 0.05) is 18.5 Å². The van der Waals surface area contributed by atoms with Crippen LogP contribution in [-0.2, 0) is 11.2 Å². The molecule has 0 saturated carbocycles. The Kier molecular flexibility index (Phi) is 4.34. The number of aliphatic hydroxyl groups is 1. The van der Waals surface area contributed by atoms with Crippen LogP contribution in [0.25, 0.3) is 0 Å². The van der Waals surface area contributed by atoms with Gasteiger partial charge >= 0.3 is 5.97 Å². The maximum atomic E-state index is 10.3. The second kappa shape index (κ2) is 5.56. The van der Waals surface area contributed by atoms with Crippen LogP contribution in [0.1, 0.15) is 12.1 Å². The highest BCUT2D eigenvalue weighted by Crippen LogP contribution is 2.15. The Labute approximate surface area is 85.4 Å². The molecular formula is C8H12N2O3S. The van der Waals surface area contributed by atoms with Crippen LogP contribution in [0, 0.1) is 0 Å². The number of aliphatic carboxylic acids is 1. The third-order valence-corrected chi connectivity index (χ3v) is 2.34. The number of nitrogens with one attached hydrogen (secondary N) is 1. The number of nitrogens with zero attached hydrogens (tertiary/aromatic N) is 1. The third-order valence-electron chi connectivity index (χ3n) is 1.50. The van der Waals surface area contributed by atoms with Crippen LogP contribution >= 0.6 is 11.3 Å². The molecule has 0 amide bonds. The first-order chi connectivity index (χ1) is 6.72. The maximum absolute atomic E-state index is 10.3. The summed E-state index contributed by atoms with van der Waals surface area (Å²) in [7, 11) is 0. The summed E-state index contributed by atoms with van der Waals surface area (Å²) in [6, 6.07) is 0. The van der Waals surface area contributed by atoms with Gasteiger partial charge in [-0.2, -0.15) is 0 Å². The summed E-state index contributed by atoms with van der Waals surface area (Å²) in [5.41, 5.74) is 0.564. The number of anilines is 1. The molecular weight excluding hydrogens is 204 g/mol. The predicted octanol–water partition coefficient (Wildman–Crippen LogP) is 0.565. The van der Waals surface area contributed by atoms with E-state index in [2.05, 4.69) is 10.3 Å². The van der Waals surface area contributed by atoms with Gasteiger partial charge in [-0.1, -0.05) is 0 Å². The molecule has 3 N–H and O–H groups in total. The number of aromatic nitrogens is 1. The molecule has 1 aromatic rings. The molecule has 6 heteroatoms. The number of hydrogen-bond donors (Lipinski definition) is 3. The molecule has 5 nitrogen and oxygen atoms in total. The normalized spacial score (nSPS) is 10.1. The van der Waals surface area contributed by atoms with E-state index in [0.717, 1.165) is 0 Å². The third kappa shape index (κ3) is 3.71. The number of thiazole rings is 1. The van der Waals surface area contributed by atoms with Gasteiger partial charge < -0.3 is 15.5 Å². The van der Waals surface area contributed by atoms with Gasteiger partial charge in [0.15, 0.2) is 5.13 Å². The summed E-state index contributed by atoms with van der Waals surface area (Å²) >= 11 is 1.37. The van der Waals surface area contributed by atoms with E-state index in [-0.39, 0.29) is 13.0 Å². The zero-order valence-corrected chi connectivity index (χ0v) is 8.38. The van der Waals surface area contributed by atoms with E-state index in [1.54, 1.807) is 5.38 Å². The molecule has 78 valence electrons. The van der Waals surface area contributed by atoms with Crippen molar-refractivity contribution in [3.05, 3.63) is 11.1 Å². The van der Waals surface area contributed by atoms with Gasteiger partial charge in [0.1, 0.15) is 0 Å². The molecule has 0 aliphatic rings. The van der Waals surface area contributed by atoms with E-state index in [1.165, 1.54) is 11.3 Å². The van der Waals surface area contributed by atoms with Gasteiger partial charge in [-0.15, -0.1) is 11.3 Å². The highest BCUT2D eigenvalue weighted by molar-refractivity contribution is 7.13. The van der Waals surface area contributed by atoms with Crippen molar-refractivity contribution in [1.82, 2.24) is 4.98 Å². The Bertz CT molecular complexity index is 301. The van der Waals surface area contributed by atoms with Crippen LogP contribution in [-0.4, -0.2) is 34.3 Å². The predicted molar refractivity (Wildman–Crippen MR) is 53.6 cm³/mol. The minimum Gasteiger partial charge on any atom is -0.481 e. The summed E-state index contributed by atoms with van der Waals surface area (Å²) in [6.45, 7) is 0.789. The lowest BCUT2D eigenvalue weighted by atomic mass is 10.3. The maximum Gasteiger partial charge on any atom is 0.309 e. The van der Waals surface area contributed by atoms with Crippen LogP contribution < -0.4 is 5.32 Å². The van der Waals surface area contributed by atoms with E-state index in [0.29, 0.717) is 23.8 Å². The van der Waals surface area contributed by atoms with E-state index in [4.69, 9.17) is 10.2 Å². The zero-order chi connectivity index (χ0) is 10.4. The average molecular weight is 216 g/mol. The summed E-state index contributed by atoms with van der Waals surface area (Å²) in [5, 5.41) is 22.4. The van der Waals surface area contributed by atoms with Crippen molar-refractivity contribution in [3.63, 3.8) is 0 Å².